The fourth-order valence-corrected chi connectivity index (χ4v) is 1.75. The van der Waals surface area contributed by atoms with E-state index < -0.39 is 12.1 Å². The Morgan fingerprint density at radius 1 is 1.24 bits per heavy atom. The molecule has 21 heavy (non-hydrogen) atoms. The molecule has 0 N–H and O–H groups in total. The van der Waals surface area contributed by atoms with E-state index in [1.807, 2.05) is 6.07 Å². The molecule has 0 bridgehead atoms. The number of benzene rings is 1. The number of hydrogen-bond donors (Lipinski definition) is 0. The Balaban J connectivity index is 2.24. The number of amides is 1. The van der Waals surface area contributed by atoms with Crippen molar-refractivity contribution in [1.29, 1.82) is 0 Å². The fraction of sp³-hybridized carbons (Fsp3) is 0.267. The highest BCUT2D eigenvalue weighted by molar-refractivity contribution is 5.90. The minimum absolute atomic E-state index is 0.0278. The first kappa shape index (κ1) is 14.8. The van der Waals surface area contributed by atoms with Crippen LogP contribution in [0.5, 0.6) is 0 Å². The van der Waals surface area contributed by atoms with Crippen LogP contribution in [0.3, 0.4) is 0 Å². The van der Waals surface area contributed by atoms with Crippen LogP contribution in [0.1, 0.15) is 27.9 Å². The number of carbonyl (C=O) groups excluding carboxylic acids is 2. The molecule has 0 saturated heterocycles. The van der Waals surface area contributed by atoms with E-state index in [1.165, 1.54) is 11.0 Å². The molecule has 110 valence electrons. The van der Waals surface area contributed by atoms with Crippen LogP contribution in [-0.2, 0) is 9.53 Å². The van der Waals surface area contributed by atoms with Gasteiger partial charge in [0.1, 0.15) is 0 Å². The van der Waals surface area contributed by atoms with Crippen LogP contribution in [0, 0.1) is 6.92 Å². The number of hydrogen-bond acceptors (Lipinski definition) is 5. The van der Waals surface area contributed by atoms with Crippen LogP contribution in [-0.4, -0.2) is 36.0 Å². The van der Waals surface area contributed by atoms with Crippen LogP contribution in [0.4, 0.5) is 0 Å². The van der Waals surface area contributed by atoms with Crippen LogP contribution in [0.2, 0.25) is 0 Å². The van der Waals surface area contributed by atoms with Crippen molar-refractivity contribution in [2.45, 2.75) is 13.0 Å². The Kier molecular flexibility index (Phi) is 4.37. The molecule has 1 atom stereocenters. The predicted octanol–water partition coefficient (Wildman–Crippen LogP) is 1.97. The summed E-state index contributed by atoms with van der Waals surface area (Å²) in [5.41, 5.74) is 1.16. The second kappa shape index (κ2) is 6.21. The fourth-order valence-electron chi connectivity index (χ4n) is 1.75. The summed E-state index contributed by atoms with van der Waals surface area (Å²) in [6, 6.07) is 10.3. The van der Waals surface area contributed by atoms with E-state index in [9.17, 15) is 9.59 Å². The average molecular weight is 288 g/mol. The highest BCUT2D eigenvalue weighted by atomic mass is 16.6. The third-order valence-electron chi connectivity index (χ3n) is 2.82. The van der Waals surface area contributed by atoms with Gasteiger partial charge in [-0.15, -0.1) is 0 Å². The second-order valence-corrected chi connectivity index (χ2v) is 4.76. The molecule has 0 fully saturated rings. The van der Waals surface area contributed by atoms with E-state index in [-0.39, 0.29) is 11.7 Å². The molecular formula is C15H16N2O4. The van der Waals surface area contributed by atoms with Crippen molar-refractivity contribution in [3.05, 3.63) is 53.4 Å². The Labute approximate surface area is 122 Å². The Hall–Kier alpha value is -2.63. The molecule has 1 amide bonds. The molecule has 0 spiro atoms. The molecular weight excluding hydrogens is 272 g/mol. The molecule has 1 aromatic carbocycles. The van der Waals surface area contributed by atoms with Gasteiger partial charge in [-0.1, -0.05) is 35.5 Å². The molecule has 0 aliphatic carbocycles. The predicted molar refractivity (Wildman–Crippen MR) is 74.5 cm³/mol. The molecule has 6 heteroatoms. The van der Waals surface area contributed by atoms with Gasteiger partial charge in [0, 0.05) is 25.7 Å². The lowest BCUT2D eigenvalue weighted by molar-refractivity contribution is -0.138. The van der Waals surface area contributed by atoms with Crippen LogP contribution in [0.25, 0.3) is 0 Å². The molecule has 0 aliphatic heterocycles. The first-order valence-corrected chi connectivity index (χ1v) is 6.39. The molecule has 1 aromatic heterocycles. The van der Waals surface area contributed by atoms with E-state index >= 15 is 0 Å². The highest BCUT2D eigenvalue weighted by Crippen LogP contribution is 2.21. The number of rotatable bonds is 4. The number of esters is 1. The molecule has 2 rings (SSSR count). The standard InChI is InChI=1S/C15H16N2O4/c1-10-9-12(21-16-10)15(19)20-13(14(18)17(2)3)11-7-5-4-6-8-11/h4-9,13H,1-3H3/t13-/m0/s1. The zero-order chi connectivity index (χ0) is 15.4. The molecule has 0 unspecified atom stereocenters. The average Bonchev–Trinajstić information content (AvgIpc) is 2.91. The van der Waals surface area contributed by atoms with Gasteiger partial charge in [0.25, 0.3) is 5.91 Å². The summed E-state index contributed by atoms with van der Waals surface area (Å²) in [6.07, 6.45) is -1.01. The summed E-state index contributed by atoms with van der Waals surface area (Å²) >= 11 is 0. The normalized spacial score (nSPS) is 11.8. The van der Waals surface area contributed by atoms with E-state index in [0.717, 1.165) is 0 Å². The number of aryl methyl sites for hydroxylation is 1. The van der Waals surface area contributed by atoms with Crippen molar-refractivity contribution in [2.75, 3.05) is 14.1 Å². The van der Waals surface area contributed by atoms with Gasteiger partial charge in [-0.05, 0) is 6.92 Å². The third kappa shape index (κ3) is 3.47. The lowest BCUT2D eigenvalue weighted by Gasteiger charge is -2.20. The number of ether oxygens (including phenoxy) is 1. The van der Waals surface area contributed by atoms with Gasteiger partial charge in [-0.25, -0.2) is 4.79 Å². The zero-order valence-electron chi connectivity index (χ0n) is 12.1. The number of aromatic nitrogens is 1. The number of likely N-dealkylation sites (N-methyl/N-ethyl adjacent to an activating group) is 1. The monoisotopic (exact) mass is 288 g/mol. The van der Waals surface area contributed by atoms with Crippen molar-refractivity contribution in [3.8, 4) is 0 Å². The van der Waals surface area contributed by atoms with Crippen molar-refractivity contribution >= 4 is 11.9 Å². The summed E-state index contributed by atoms with van der Waals surface area (Å²) in [7, 11) is 3.20. The summed E-state index contributed by atoms with van der Waals surface area (Å²) in [5, 5.41) is 3.63. The summed E-state index contributed by atoms with van der Waals surface area (Å²) < 4.78 is 10.1. The lowest BCUT2D eigenvalue weighted by atomic mass is 10.1. The Morgan fingerprint density at radius 3 is 2.43 bits per heavy atom. The van der Waals surface area contributed by atoms with Crippen molar-refractivity contribution in [2.24, 2.45) is 0 Å². The quantitative estimate of drug-likeness (QED) is 0.804. The first-order chi connectivity index (χ1) is 9.99. The van der Waals surface area contributed by atoms with Crippen molar-refractivity contribution in [1.82, 2.24) is 10.1 Å². The molecule has 6 nitrogen and oxygen atoms in total. The van der Waals surface area contributed by atoms with Gasteiger partial charge < -0.3 is 14.2 Å². The molecule has 2 aromatic rings. The first-order valence-electron chi connectivity index (χ1n) is 6.39. The highest BCUT2D eigenvalue weighted by Gasteiger charge is 2.28. The van der Waals surface area contributed by atoms with Crippen molar-refractivity contribution in [3.63, 3.8) is 0 Å². The zero-order valence-corrected chi connectivity index (χ0v) is 12.1. The van der Waals surface area contributed by atoms with E-state index in [2.05, 4.69) is 5.16 Å². The summed E-state index contributed by atoms with van der Waals surface area (Å²) in [5.74, 6) is -1.08. The van der Waals surface area contributed by atoms with Crippen molar-refractivity contribution < 1.29 is 18.8 Å². The maximum Gasteiger partial charge on any atom is 0.378 e. The smallest absolute Gasteiger partial charge is 0.378 e. The largest absolute Gasteiger partial charge is 0.441 e. The number of carbonyl (C=O) groups is 2. The second-order valence-electron chi connectivity index (χ2n) is 4.76. The Morgan fingerprint density at radius 2 is 1.90 bits per heavy atom. The van der Waals surface area contributed by atoms with E-state index in [4.69, 9.17) is 9.26 Å². The van der Waals surface area contributed by atoms with Crippen LogP contribution >= 0.6 is 0 Å². The SMILES string of the molecule is Cc1cc(C(=O)O[C@H](C(=O)N(C)C)c2ccccc2)on1. The van der Waals surface area contributed by atoms with Gasteiger partial charge in [-0.3, -0.25) is 4.79 Å². The summed E-state index contributed by atoms with van der Waals surface area (Å²) in [4.78, 5) is 25.6. The maximum absolute atomic E-state index is 12.2. The van der Waals surface area contributed by atoms with Gasteiger partial charge in [-0.2, -0.15) is 0 Å². The van der Waals surface area contributed by atoms with Gasteiger partial charge in [0.2, 0.25) is 11.9 Å². The molecule has 0 aliphatic rings. The van der Waals surface area contributed by atoms with Gasteiger partial charge >= 0.3 is 5.97 Å². The van der Waals surface area contributed by atoms with E-state index in [1.54, 1.807) is 45.3 Å². The maximum atomic E-state index is 12.2. The minimum atomic E-state index is -1.01. The van der Waals surface area contributed by atoms with Crippen LogP contribution in [0.15, 0.2) is 40.9 Å². The molecule has 1 heterocycles. The van der Waals surface area contributed by atoms with Crippen LogP contribution < -0.4 is 0 Å². The van der Waals surface area contributed by atoms with E-state index in [0.29, 0.717) is 11.3 Å². The minimum Gasteiger partial charge on any atom is -0.441 e. The topological polar surface area (TPSA) is 72.6 Å². The third-order valence-corrected chi connectivity index (χ3v) is 2.82. The molecule has 0 radical (unpaired) electrons. The van der Waals surface area contributed by atoms with Gasteiger partial charge in [0.05, 0.1) is 5.69 Å². The lowest BCUT2D eigenvalue weighted by Crippen LogP contribution is -2.31. The Bertz CT molecular complexity index is 634. The number of nitrogens with zero attached hydrogens (tertiary/aromatic N) is 2. The molecule has 0 saturated carbocycles. The summed E-state index contributed by atoms with van der Waals surface area (Å²) in [6.45, 7) is 1.69. The van der Waals surface area contributed by atoms with Gasteiger partial charge in [0.15, 0.2) is 0 Å².